The molecule has 0 saturated heterocycles. The van der Waals surface area contributed by atoms with Gasteiger partial charge in [0.25, 0.3) is 0 Å². The first-order valence-corrected chi connectivity index (χ1v) is 31.9. The molecule has 0 aliphatic heterocycles. The molecule has 0 N–H and O–H groups in total. The Hall–Kier alpha value is -3.93. The lowest BCUT2D eigenvalue weighted by atomic mass is 10.0. The number of hydrogen-bond acceptors (Lipinski definition) is 6. The minimum atomic E-state index is -0.813. The van der Waals surface area contributed by atoms with Crippen molar-refractivity contribution >= 4 is 17.9 Å². The number of unbranched alkanes of at least 4 members (excludes halogenated alkanes) is 28. The fourth-order valence-corrected chi connectivity index (χ4v) is 8.72. The lowest BCUT2D eigenvalue weighted by Crippen LogP contribution is -2.30. The molecule has 0 aliphatic carbocycles. The van der Waals surface area contributed by atoms with Crippen LogP contribution in [0.2, 0.25) is 0 Å². The summed E-state index contributed by atoms with van der Waals surface area (Å²) in [7, 11) is 0. The van der Waals surface area contributed by atoms with Crippen LogP contribution in [0.4, 0.5) is 0 Å². The van der Waals surface area contributed by atoms with E-state index in [1.54, 1.807) is 0 Å². The van der Waals surface area contributed by atoms with Crippen molar-refractivity contribution in [3.05, 3.63) is 109 Å². The van der Waals surface area contributed by atoms with Gasteiger partial charge in [-0.1, -0.05) is 265 Å². The smallest absolute Gasteiger partial charge is 0.306 e. The molecule has 434 valence electrons. The number of esters is 3. The van der Waals surface area contributed by atoms with Crippen molar-refractivity contribution < 1.29 is 28.6 Å². The Bertz CT molecular complexity index is 1540. The van der Waals surface area contributed by atoms with Crippen molar-refractivity contribution in [2.75, 3.05) is 13.2 Å². The first-order valence-electron chi connectivity index (χ1n) is 31.9. The van der Waals surface area contributed by atoms with Crippen molar-refractivity contribution in [2.45, 2.75) is 303 Å². The maximum Gasteiger partial charge on any atom is 0.306 e. The highest BCUT2D eigenvalue weighted by molar-refractivity contribution is 5.71. The number of carbonyl (C=O) groups is 3. The van der Waals surface area contributed by atoms with E-state index in [2.05, 4.69) is 130 Å². The van der Waals surface area contributed by atoms with Crippen LogP contribution in [0.3, 0.4) is 0 Å². The third-order valence-corrected chi connectivity index (χ3v) is 13.5. The van der Waals surface area contributed by atoms with Crippen LogP contribution in [0.1, 0.15) is 297 Å². The summed E-state index contributed by atoms with van der Waals surface area (Å²) in [6.45, 7) is 6.45. The van der Waals surface area contributed by atoms with Crippen LogP contribution in [-0.4, -0.2) is 37.2 Å². The molecule has 6 heteroatoms. The second kappa shape index (κ2) is 63.6. The molecular formula is C70H118O6. The summed E-state index contributed by atoms with van der Waals surface area (Å²) in [6, 6.07) is 0. The molecule has 0 aliphatic rings. The Kier molecular flexibility index (Phi) is 60.3. The van der Waals surface area contributed by atoms with Gasteiger partial charge in [-0.25, -0.2) is 0 Å². The zero-order valence-electron chi connectivity index (χ0n) is 49.7. The van der Waals surface area contributed by atoms with E-state index in [0.717, 1.165) is 103 Å². The summed E-state index contributed by atoms with van der Waals surface area (Å²) < 4.78 is 16.8. The quantitative estimate of drug-likeness (QED) is 0.0261. The molecule has 0 aromatic carbocycles. The Morgan fingerprint density at radius 2 is 0.526 bits per heavy atom. The molecule has 76 heavy (non-hydrogen) atoms. The van der Waals surface area contributed by atoms with Gasteiger partial charge in [0.05, 0.1) is 0 Å². The molecule has 0 fully saturated rings. The van der Waals surface area contributed by atoms with Crippen LogP contribution >= 0.6 is 0 Å². The second-order valence-corrected chi connectivity index (χ2v) is 20.9. The van der Waals surface area contributed by atoms with Gasteiger partial charge in [0, 0.05) is 19.3 Å². The Morgan fingerprint density at radius 1 is 0.276 bits per heavy atom. The number of ether oxygens (including phenoxy) is 3. The third kappa shape index (κ3) is 60.9. The molecule has 0 aromatic heterocycles. The molecule has 0 spiro atoms. The van der Waals surface area contributed by atoms with E-state index in [9.17, 15) is 14.4 Å². The number of allylic oxidation sites excluding steroid dienone is 18. The van der Waals surface area contributed by atoms with E-state index in [4.69, 9.17) is 14.2 Å². The summed E-state index contributed by atoms with van der Waals surface area (Å²) in [4.78, 5) is 38.2. The molecule has 6 nitrogen and oxygen atoms in total. The molecule has 0 heterocycles. The van der Waals surface area contributed by atoms with Crippen LogP contribution < -0.4 is 0 Å². The molecule has 1 atom stereocenters. The van der Waals surface area contributed by atoms with Gasteiger partial charge in [0.15, 0.2) is 6.10 Å². The maximum absolute atomic E-state index is 12.9. The third-order valence-electron chi connectivity index (χ3n) is 13.5. The molecular weight excluding hydrogens is 937 g/mol. The Labute approximate surface area is 470 Å². The summed E-state index contributed by atoms with van der Waals surface area (Å²) in [5.41, 5.74) is 0. The van der Waals surface area contributed by atoms with E-state index < -0.39 is 6.10 Å². The molecule has 0 rings (SSSR count). The topological polar surface area (TPSA) is 78.9 Å². The number of rotatable bonds is 57. The van der Waals surface area contributed by atoms with Crippen LogP contribution in [-0.2, 0) is 28.6 Å². The normalized spacial score (nSPS) is 12.8. The highest BCUT2D eigenvalue weighted by Gasteiger charge is 2.19. The minimum Gasteiger partial charge on any atom is -0.462 e. The van der Waals surface area contributed by atoms with Crippen LogP contribution in [0.5, 0.6) is 0 Å². The summed E-state index contributed by atoms with van der Waals surface area (Å²) in [6.07, 6.45) is 86.8. The number of carbonyl (C=O) groups excluding carboxylic acids is 3. The van der Waals surface area contributed by atoms with Crippen molar-refractivity contribution in [3.8, 4) is 0 Å². The highest BCUT2D eigenvalue weighted by Crippen LogP contribution is 2.16. The molecule has 0 saturated carbocycles. The average Bonchev–Trinajstić information content (AvgIpc) is 3.42. The van der Waals surface area contributed by atoms with Gasteiger partial charge in [-0.05, 0) is 122 Å². The largest absolute Gasteiger partial charge is 0.462 e. The van der Waals surface area contributed by atoms with Crippen molar-refractivity contribution in [1.29, 1.82) is 0 Å². The second-order valence-electron chi connectivity index (χ2n) is 20.9. The molecule has 0 bridgehead atoms. The van der Waals surface area contributed by atoms with Crippen LogP contribution in [0.25, 0.3) is 0 Å². The lowest BCUT2D eigenvalue weighted by Gasteiger charge is -2.18. The number of hydrogen-bond donors (Lipinski definition) is 0. The van der Waals surface area contributed by atoms with Crippen LogP contribution in [0, 0.1) is 0 Å². The van der Waals surface area contributed by atoms with Gasteiger partial charge < -0.3 is 14.2 Å². The van der Waals surface area contributed by atoms with Crippen molar-refractivity contribution in [3.63, 3.8) is 0 Å². The van der Waals surface area contributed by atoms with Gasteiger partial charge >= 0.3 is 17.9 Å². The molecule has 1 unspecified atom stereocenters. The van der Waals surface area contributed by atoms with E-state index in [-0.39, 0.29) is 37.5 Å². The highest BCUT2D eigenvalue weighted by atomic mass is 16.6. The maximum atomic E-state index is 12.9. The standard InChI is InChI=1S/C70H118O6/c1-4-7-10-13-16-19-22-25-27-29-30-31-32-33-34-35-36-37-38-39-40-42-43-45-48-51-54-57-60-63-69(72)75-66-67(65-74-68(71)62-59-56-53-50-47-24-21-18-15-12-9-6-3)76-70(73)64-61-58-55-52-49-46-44-41-28-26-23-20-17-14-11-8-5-2/h8,11,17-18,20-22,25-26,28-30,32-33,44,46,52,55,67H,4-7,9-10,12-16,19,23-24,27,31,34-43,45,47-51,53-54,56-66H2,1-3H3/b11-8-,20-17-,21-18-,25-22-,28-26-,30-29-,33-32-,46-44-,55-52-. The molecule has 0 aromatic rings. The predicted molar refractivity (Wildman–Crippen MR) is 330 cm³/mol. The zero-order chi connectivity index (χ0) is 55.0. The summed E-state index contributed by atoms with van der Waals surface area (Å²) in [5, 5.41) is 0. The molecule has 0 amide bonds. The van der Waals surface area contributed by atoms with Crippen LogP contribution in [0.15, 0.2) is 109 Å². The van der Waals surface area contributed by atoms with Gasteiger partial charge in [0.1, 0.15) is 13.2 Å². The minimum absolute atomic E-state index is 0.104. The first kappa shape index (κ1) is 72.1. The van der Waals surface area contributed by atoms with Gasteiger partial charge in [-0.15, -0.1) is 0 Å². The van der Waals surface area contributed by atoms with Gasteiger partial charge in [-0.3, -0.25) is 14.4 Å². The van der Waals surface area contributed by atoms with E-state index in [1.165, 1.54) is 148 Å². The Balaban J connectivity index is 4.29. The van der Waals surface area contributed by atoms with Crippen molar-refractivity contribution in [1.82, 2.24) is 0 Å². The van der Waals surface area contributed by atoms with E-state index in [0.29, 0.717) is 19.3 Å². The first-order chi connectivity index (χ1) is 37.5. The van der Waals surface area contributed by atoms with Crippen molar-refractivity contribution in [2.24, 2.45) is 0 Å². The molecule has 0 radical (unpaired) electrons. The fraction of sp³-hybridized carbons (Fsp3) is 0.700. The van der Waals surface area contributed by atoms with Gasteiger partial charge in [-0.2, -0.15) is 0 Å². The van der Waals surface area contributed by atoms with E-state index >= 15 is 0 Å². The monoisotopic (exact) mass is 1050 g/mol. The fourth-order valence-electron chi connectivity index (χ4n) is 8.72. The summed E-state index contributed by atoms with van der Waals surface area (Å²) >= 11 is 0. The Morgan fingerprint density at radius 3 is 0.882 bits per heavy atom. The lowest BCUT2D eigenvalue weighted by molar-refractivity contribution is -0.167. The average molecular weight is 1060 g/mol. The summed E-state index contributed by atoms with van der Waals surface area (Å²) in [5.74, 6) is -0.968. The predicted octanol–water partition coefficient (Wildman–Crippen LogP) is 21.8. The van der Waals surface area contributed by atoms with E-state index in [1.807, 2.05) is 0 Å². The SMILES string of the molecule is CC/C=C\C/C=C\C/C=C\C/C=C\C/C=C\CCCC(=O)OC(COC(=O)CCCCCCC/C=C\CCCCC)COC(=O)CCCCCCCCCCCCCCCC/C=C\C/C=C\C/C=C\CCCCCCC. The zero-order valence-corrected chi connectivity index (χ0v) is 49.7. The van der Waals surface area contributed by atoms with Gasteiger partial charge in [0.2, 0.25) is 0 Å².